The number of hydrogen-bond donors (Lipinski definition) is 2. The van der Waals surface area contributed by atoms with Crippen LogP contribution in [0.3, 0.4) is 0 Å². The minimum Gasteiger partial charge on any atom is -0.444 e. The molecule has 0 bridgehead atoms. The number of anilines is 2. The molecule has 1 heterocycles. The summed E-state index contributed by atoms with van der Waals surface area (Å²) >= 11 is 8.88. The molecule has 1 amide bonds. The van der Waals surface area contributed by atoms with E-state index in [2.05, 4.69) is 21.2 Å². The van der Waals surface area contributed by atoms with E-state index in [0.29, 0.717) is 21.1 Å². The Kier molecular flexibility index (Phi) is 3.40. The van der Waals surface area contributed by atoms with Crippen LogP contribution in [0.25, 0.3) is 0 Å². The molecule has 1 aromatic carbocycles. The third-order valence-corrected chi connectivity index (χ3v) is 2.72. The van der Waals surface area contributed by atoms with Gasteiger partial charge >= 0.3 is 0 Å². The Morgan fingerprint density at radius 1 is 1.35 bits per heavy atom. The van der Waals surface area contributed by atoms with E-state index in [1.807, 2.05) is 0 Å². The summed E-state index contributed by atoms with van der Waals surface area (Å²) in [7, 11) is 0. The molecule has 0 atom stereocenters. The molecule has 0 aliphatic carbocycles. The van der Waals surface area contributed by atoms with Crippen molar-refractivity contribution in [2.45, 2.75) is 0 Å². The first-order valence-corrected chi connectivity index (χ1v) is 5.85. The Labute approximate surface area is 111 Å². The number of amides is 1. The normalized spacial score (nSPS) is 10.2. The largest absolute Gasteiger partial charge is 0.444 e. The van der Waals surface area contributed by atoms with Crippen molar-refractivity contribution in [3.63, 3.8) is 0 Å². The number of nitrogens with one attached hydrogen (secondary N) is 1. The number of carbonyl (C=O) groups excluding carboxylic acids is 1. The summed E-state index contributed by atoms with van der Waals surface area (Å²) < 4.78 is 5.61. The zero-order valence-corrected chi connectivity index (χ0v) is 10.9. The highest BCUT2D eigenvalue weighted by molar-refractivity contribution is 9.10. The molecule has 3 N–H and O–H groups in total. The summed E-state index contributed by atoms with van der Waals surface area (Å²) in [6, 6.07) is 8.04. The van der Waals surface area contributed by atoms with Gasteiger partial charge in [0.25, 0.3) is 5.91 Å². The first-order chi connectivity index (χ1) is 8.06. The van der Waals surface area contributed by atoms with Gasteiger partial charge in [-0.3, -0.25) is 4.79 Å². The van der Waals surface area contributed by atoms with Crippen molar-refractivity contribution in [2.24, 2.45) is 0 Å². The monoisotopic (exact) mass is 314 g/mol. The molecule has 0 unspecified atom stereocenters. The number of nitrogen functional groups attached to an aromatic ring is 1. The van der Waals surface area contributed by atoms with E-state index in [1.54, 1.807) is 30.3 Å². The molecule has 6 heteroatoms. The molecule has 0 saturated heterocycles. The van der Waals surface area contributed by atoms with Crippen molar-refractivity contribution in [3.05, 3.63) is 45.8 Å². The molecule has 0 fully saturated rings. The summed E-state index contributed by atoms with van der Waals surface area (Å²) in [4.78, 5) is 11.8. The molecule has 2 rings (SSSR count). The van der Waals surface area contributed by atoms with Crippen LogP contribution in [0.15, 0.2) is 39.4 Å². The summed E-state index contributed by atoms with van der Waals surface area (Å²) in [6.45, 7) is 0. The van der Waals surface area contributed by atoms with Gasteiger partial charge in [0.1, 0.15) is 0 Å². The van der Waals surface area contributed by atoms with E-state index in [-0.39, 0.29) is 11.7 Å². The smallest absolute Gasteiger partial charge is 0.291 e. The second kappa shape index (κ2) is 4.81. The number of furan rings is 1. The molecule has 0 aliphatic heterocycles. The minimum absolute atomic E-state index is 0.200. The molecule has 1 aromatic heterocycles. The molecular weight excluding hydrogens is 307 g/mol. The predicted octanol–water partition coefficient (Wildman–Crippen LogP) is 3.53. The lowest BCUT2D eigenvalue weighted by atomic mass is 10.2. The second-order valence-corrected chi connectivity index (χ2v) is 4.51. The fourth-order valence-electron chi connectivity index (χ4n) is 1.27. The maximum atomic E-state index is 11.8. The third kappa shape index (κ3) is 2.81. The van der Waals surface area contributed by atoms with Gasteiger partial charge in [0.05, 0.1) is 11.4 Å². The van der Waals surface area contributed by atoms with Crippen LogP contribution >= 0.6 is 27.5 Å². The van der Waals surface area contributed by atoms with Gasteiger partial charge in [-0.15, -0.1) is 0 Å². The second-order valence-electron chi connectivity index (χ2n) is 3.29. The van der Waals surface area contributed by atoms with Crippen LogP contribution in [-0.4, -0.2) is 5.91 Å². The predicted molar refractivity (Wildman–Crippen MR) is 70.2 cm³/mol. The van der Waals surface area contributed by atoms with E-state index in [0.717, 1.165) is 0 Å². The van der Waals surface area contributed by atoms with E-state index < -0.39 is 0 Å². The van der Waals surface area contributed by atoms with E-state index >= 15 is 0 Å². The lowest BCUT2D eigenvalue weighted by molar-refractivity contribution is 0.0995. The van der Waals surface area contributed by atoms with Crippen LogP contribution in [0, 0.1) is 0 Å². The van der Waals surface area contributed by atoms with Crippen molar-refractivity contribution in [1.29, 1.82) is 0 Å². The van der Waals surface area contributed by atoms with Crippen molar-refractivity contribution in [2.75, 3.05) is 11.1 Å². The Morgan fingerprint density at radius 2 is 2.12 bits per heavy atom. The lowest BCUT2D eigenvalue weighted by Gasteiger charge is -2.06. The van der Waals surface area contributed by atoms with Gasteiger partial charge in [-0.05, 0) is 46.3 Å². The van der Waals surface area contributed by atoms with Gasteiger partial charge < -0.3 is 15.5 Å². The molecule has 17 heavy (non-hydrogen) atoms. The van der Waals surface area contributed by atoms with Crippen LogP contribution < -0.4 is 11.1 Å². The zero-order chi connectivity index (χ0) is 12.4. The molecule has 0 spiro atoms. The standard InChI is InChI=1S/C11H8BrClN2O2/c12-10-4-3-9(17-10)11(16)15-8-2-1-6(13)5-7(8)14/h1-5H,14H2,(H,15,16). The van der Waals surface area contributed by atoms with Crippen LogP contribution in [0.5, 0.6) is 0 Å². The molecule has 88 valence electrons. The third-order valence-electron chi connectivity index (χ3n) is 2.06. The number of nitrogens with two attached hydrogens (primary N) is 1. The molecule has 0 aliphatic rings. The van der Waals surface area contributed by atoms with E-state index in [1.165, 1.54) is 0 Å². The van der Waals surface area contributed by atoms with Crippen LogP contribution in [-0.2, 0) is 0 Å². The Bertz CT molecular complexity index is 568. The van der Waals surface area contributed by atoms with Crippen molar-refractivity contribution >= 4 is 44.8 Å². The summed E-state index contributed by atoms with van der Waals surface area (Å²) in [5, 5.41) is 3.14. The average molecular weight is 316 g/mol. The highest BCUT2D eigenvalue weighted by atomic mass is 79.9. The van der Waals surface area contributed by atoms with Gasteiger partial charge in [-0.25, -0.2) is 0 Å². The number of carbonyl (C=O) groups is 1. The SMILES string of the molecule is Nc1cc(Cl)ccc1NC(=O)c1ccc(Br)o1. The first kappa shape index (κ1) is 12.0. The Hall–Kier alpha value is -1.46. The average Bonchev–Trinajstić information content (AvgIpc) is 2.69. The van der Waals surface area contributed by atoms with Crippen molar-refractivity contribution in [1.82, 2.24) is 0 Å². The van der Waals surface area contributed by atoms with Crippen LogP contribution in [0.2, 0.25) is 5.02 Å². The number of benzene rings is 1. The van der Waals surface area contributed by atoms with Crippen LogP contribution in [0.4, 0.5) is 11.4 Å². The summed E-state index contributed by atoms with van der Waals surface area (Å²) in [5.74, 6) is -0.170. The number of hydrogen-bond acceptors (Lipinski definition) is 3. The lowest BCUT2D eigenvalue weighted by Crippen LogP contribution is -2.12. The zero-order valence-electron chi connectivity index (χ0n) is 8.54. The summed E-state index contributed by atoms with van der Waals surface area (Å²) in [6.07, 6.45) is 0. The molecule has 0 saturated carbocycles. The van der Waals surface area contributed by atoms with Gasteiger partial charge in [-0.2, -0.15) is 0 Å². The highest BCUT2D eigenvalue weighted by Crippen LogP contribution is 2.23. The van der Waals surface area contributed by atoms with Gasteiger partial charge in [0.2, 0.25) is 0 Å². The van der Waals surface area contributed by atoms with E-state index in [9.17, 15) is 4.79 Å². The quantitative estimate of drug-likeness (QED) is 0.833. The topological polar surface area (TPSA) is 68.3 Å². The molecule has 4 nitrogen and oxygen atoms in total. The Morgan fingerprint density at radius 3 is 2.71 bits per heavy atom. The Balaban J connectivity index is 2.18. The van der Waals surface area contributed by atoms with Gasteiger partial charge in [0.15, 0.2) is 10.4 Å². The first-order valence-electron chi connectivity index (χ1n) is 4.68. The molecular formula is C11H8BrClN2O2. The fourth-order valence-corrected chi connectivity index (χ4v) is 1.75. The van der Waals surface area contributed by atoms with Crippen LogP contribution in [0.1, 0.15) is 10.6 Å². The molecule has 2 aromatic rings. The van der Waals surface area contributed by atoms with Gasteiger partial charge in [-0.1, -0.05) is 11.6 Å². The maximum absolute atomic E-state index is 11.8. The highest BCUT2D eigenvalue weighted by Gasteiger charge is 2.12. The van der Waals surface area contributed by atoms with Gasteiger partial charge in [0, 0.05) is 5.02 Å². The number of halogens is 2. The molecule has 0 radical (unpaired) electrons. The summed E-state index contributed by atoms with van der Waals surface area (Å²) in [5.41, 5.74) is 6.61. The van der Waals surface area contributed by atoms with Crippen molar-refractivity contribution < 1.29 is 9.21 Å². The minimum atomic E-state index is -0.371. The fraction of sp³-hybridized carbons (Fsp3) is 0. The number of rotatable bonds is 2. The maximum Gasteiger partial charge on any atom is 0.291 e. The van der Waals surface area contributed by atoms with E-state index in [4.69, 9.17) is 21.8 Å². The van der Waals surface area contributed by atoms with Crippen molar-refractivity contribution in [3.8, 4) is 0 Å².